The van der Waals surface area contributed by atoms with Crippen LogP contribution < -0.4 is 4.74 Å². The topological polar surface area (TPSA) is 35.9 Å². The maximum absolute atomic E-state index is 9.82. The minimum atomic E-state index is 0.217. The van der Waals surface area contributed by atoms with E-state index < -0.39 is 0 Å². The van der Waals surface area contributed by atoms with Gasteiger partial charge in [0.05, 0.1) is 7.11 Å². The first-order valence-electron chi connectivity index (χ1n) is 7.42. The Hall–Kier alpha value is -1.26. The molecule has 0 bridgehead atoms. The van der Waals surface area contributed by atoms with E-state index >= 15 is 0 Å². The van der Waals surface area contributed by atoms with Crippen molar-refractivity contribution in [1.29, 1.82) is 0 Å². The Morgan fingerprint density at radius 3 is 2.90 bits per heavy atom. The summed E-state index contributed by atoms with van der Waals surface area (Å²) in [6, 6.07) is 6.31. The molecule has 1 saturated heterocycles. The minimum Gasteiger partial charge on any atom is -0.504 e. The van der Waals surface area contributed by atoms with Gasteiger partial charge in [0.25, 0.3) is 0 Å². The van der Waals surface area contributed by atoms with Crippen molar-refractivity contribution in [3.05, 3.63) is 23.8 Å². The standard InChI is InChI=1S/C16H26N2O2/c1-4-18-9-5-6-14(18)12-17(2)11-13-7-8-16(20-3)15(19)10-13/h7-8,10,14,19H,4-6,9,11-12H2,1-3H3. The SMILES string of the molecule is CCN1CCCC1CN(C)Cc1ccc(OC)c(O)c1. The molecule has 1 atom stereocenters. The molecular formula is C16H26N2O2. The predicted molar refractivity (Wildman–Crippen MR) is 81.3 cm³/mol. The summed E-state index contributed by atoms with van der Waals surface area (Å²) in [7, 11) is 3.72. The Balaban J connectivity index is 1.91. The monoisotopic (exact) mass is 278 g/mol. The van der Waals surface area contributed by atoms with Gasteiger partial charge >= 0.3 is 0 Å². The van der Waals surface area contributed by atoms with Crippen molar-refractivity contribution in [2.75, 3.05) is 33.8 Å². The zero-order chi connectivity index (χ0) is 14.5. The molecule has 0 aromatic heterocycles. The van der Waals surface area contributed by atoms with Crippen LogP contribution in [0.25, 0.3) is 0 Å². The third kappa shape index (κ3) is 3.64. The van der Waals surface area contributed by atoms with E-state index in [1.54, 1.807) is 13.2 Å². The summed E-state index contributed by atoms with van der Waals surface area (Å²) in [5.41, 5.74) is 1.12. The number of ether oxygens (including phenoxy) is 1. The summed E-state index contributed by atoms with van der Waals surface area (Å²) in [5, 5.41) is 9.82. The fourth-order valence-electron chi connectivity index (χ4n) is 3.09. The number of likely N-dealkylation sites (N-methyl/N-ethyl adjacent to an activating group) is 2. The zero-order valence-corrected chi connectivity index (χ0v) is 12.8. The van der Waals surface area contributed by atoms with E-state index in [1.807, 2.05) is 12.1 Å². The summed E-state index contributed by atoms with van der Waals surface area (Å²) in [6.45, 7) is 6.55. The first-order valence-corrected chi connectivity index (χ1v) is 7.42. The van der Waals surface area contributed by atoms with E-state index in [4.69, 9.17) is 4.74 Å². The van der Waals surface area contributed by atoms with Gasteiger partial charge in [-0.3, -0.25) is 4.90 Å². The van der Waals surface area contributed by atoms with E-state index in [0.29, 0.717) is 11.8 Å². The largest absolute Gasteiger partial charge is 0.504 e. The van der Waals surface area contributed by atoms with Gasteiger partial charge in [0.2, 0.25) is 0 Å². The van der Waals surface area contributed by atoms with Crippen molar-refractivity contribution in [2.45, 2.75) is 32.4 Å². The Bertz CT molecular complexity index is 436. The van der Waals surface area contributed by atoms with Crippen LogP contribution in [0.5, 0.6) is 11.5 Å². The maximum Gasteiger partial charge on any atom is 0.160 e. The van der Waals surface area contributed by atoms with E-state index in [2.05, 4.69) is 23.8 Å². The summed E-state index contributed by atoms with van der Waals surface area (Å²) in [4.78, 5) is 4.89. The minimum absolute atomic E-state index is 0.217. The number of likely N-dealkylation sites (tertiary alicyclic amines) is 1. The smallest absolute Gasteiger partial charge is 0.160 e. The average molecular weight is 278 g/mol. The average Bonchev–Trinajstić information content (AvgIpc) is 2.86. The lowest BCUT2D eigenvalue weighted by molar-refractivity contribution is 0.194. The molecule has 0 amide bonds. The quantitative estimate of drug-likeness (QED) is 0.866. The molecule has 112 valence electrons. The fourth-order valence-corrected chi connectivity index (χ4v) is 3.09. The summed E-state index contributed by atoms with van der Waals surface area (Å²) >= 11 is 0. The number of phenols is 1. The van der Waals surface area contributed by atoms with Crippen LogP contribution in [-0.4, -0.2) is 54.7 Å². The van der Waals surface area contributed by atoms with Gasteiger partial charge in [0, 0.05) is 19.1 Å². The van der Waals surface area contributed by atoms with E-state index in [-0.39, 0.29) is 5.75 Å². The molecule has 2 rings (SSSR count). The third-order valence-corrected chi connectivity index (χ3v) is 4.12. The molecule has 1 aliphatic heterocycles. The highest BCUT2D eigenvalue weighted by atomic mass is 16.5. The molecule has 0 radical (unpaired) electrons. The van der Waals surface area contributed by atoms with Crippen molar-refractivity contribution in [1.82, 2.24) is 9.80 Å². The second-order valence-electron chi connectivity index (χ2n) is 5.63. The zero-order valence-electron chi connectivity index (χ0n) is 12.8. The Morgan fingerprint density at radius 2 is 2.25 bits per heavy atom. The molecule has 20 heavy (non-hydrogen) atoms. The molecular weight excluding hydrogens is 252 g/mol. The first kappa shape index (κ1) is 15.1. The number of aromatic hydroxyl groups is 1. The van der Waals surface area contributed by atoms with Crippen molar-refractivity contribution >= 4 is 0 Å². The summed E-state index contributed by atoms with van der Waals surface area (Å²) in [6.07, 6.45) is 2.61. The van der Waals surface area contributed by atoms with Crippen LogP contribution in [0.2, 0.25) is 0 Å². The normalized spacial score (nSPS) is 19.7. The number of methoxy groups -OCH3 is 1. The first-order chi connectivity index (χ1) is 9.63. The molecule has 4 heteroatoms. The van der Waals surface area contributed by atoms with Crippen molar-refractivity contribution < 1.29 is 9.84 Å². The van der Waals surface area contributed by atoms with Crippen LogP contribution in [0.1, 0.15) is 25.3 Å². The number of rotatable bonds is 6. The molecule has 1 aromatic carbocycles. The van der Waals surface area contributed by atoms with Gasteiger partial charge in [-0.2, -0.15) is 0 Å². The molecule has 0 spiro atoms. The highest BCUT2D eigenvalue weighted by Gasteiger charge is 2.23. The maximum atomic E-state index is 9.82. The van der Waals surface area contributed by atoms with E-state index in [0.717, 1.165) is 25.2 Å². The molecule has 1 N–H and O–H groups in total. The number of hydrogen-bond acceptors (Lipinski definition) is 4. The lowest BCUT2D eigenvalue weighted by atomic mass is 10.1. The number of hydrogen-bond donors (Lipinski definition) is 1. The van der Waals surface area contributed by atoms with Crippen LogP contribution in [-0.2, 0) is 6.54 Å². The number of nitrogens with zero attached hydrogens (tertiary/aromatic N) is 2. The van der Waals surface area contributed by atoms with Crippen LogP contribution >= 0.6 is 0 Å². The van der Waals surface area contributed by atoms with Gasteiger partial charge in [0.1, 0.15) is 0 Å². The molecule has 4 nitrogen and oxygen atoms in total. The molecule has 0 aliphatic carbocycles. The predicted octanol–water partition coefficient (Wildman–Crippen LogP) is 2.32. The van der Waals surface area contributed by atoms with Gasteiger partial charge in [-0.15, -0.1) is 0 Å². The molecule has 1 fully saturated rings. The molecule has 1 heterocycles. The van der Waals surface area contributed by atoms with Crippen molar-refractivity contribution in [2.24, 2.45) is 0 Å². The lowest BCUT2D eigenvalue weighted by Crippen LogP contribution is -2.38. The van der Waals surface area contributed by atoms with Crippen LogP contribution in [0.3, 0.4) is 0 Å². The van der Waals surface area contributed by atoms with Crippen molar-refractivity contribution in [3.8, 4) is 11.5 Å². The highest BCUT2D eigenvalue weighted by Crippen LogP contribution is 2.27. The fraction of sp³-hybridized carbons (Fsp3) is 0.625. The molecule has 1 unspecified atom stereocenters. The number of benzene rings is 1. The molecule has 1 aromatic rings. The Morgan fingerprint density at radius 1 is 1.45 bits per heavy atom. The summed E-state index contributed by atoms with van der Waals surface area (Å²) < 4.78 is 5.07. The Labute approximate surface area is 122 Å². The van der Waals surface area contributed by atoms with Crippen molar-refractivity contribution in [3.63, 3.8) is 0 Å². The van der Waals surface area contributed by atoms with Crippen LogP contribution in [0.4, 0.5) is 0 Å². The van der Waals surface area contributed by atoms with Crippen LogP contribution in [0, 0.1) is 0 Å². The van der Waals surface area contributed by atoms with Gasteiger partial charge in [-0.1, -0.05) is 13.0 Å². The van der Waals surface area contributed by atoms with Crippen LogP contribution in [0.15, 0.2) is 18.2 Å². The van der Waals surface area contributed by atoms with E-state index in [1.165, 1.54) is 19.4 Å². The van der Waals surface area contributed by atoms with Gasteiger partial charge < -0.3 is 14.7 Å². The summed E-state index contributed by atoms with van der Waals surface area (Å²) in [5.74, 6) is 0.749. The lowest BCUT2D eigenvalue weighted by Gasteiger charge is -2.27. The Kier molecular flexibility index (Phi) is 5.26. The second kappa shape index (κ2) is 6.95. The molecule has 0 saturated carbocycles. The van der Waals surface area contributed by atoms with Gasteiger partial charge in [-0.05, 0) is 50.7 Å². The second-order valence-corrected chi connectivity index (χ2v) is 5.63. The van der Waals surface area contributed by atoms with Gasteiger partial charge in [-0.25, -0.2) is 0 Å². The highest BCUT2D eigenvalue weighted by molar-refractivity contribution is 5.41. The number of phenolic OH excluding ortho intramolecular Hbond substituents is 1. The van der Waals surface area contributed by atoms with Gasteiger partial charge in [0.15, 0.2) is 11.5 Å². The third-order valence-electron chi connectivity index (χ3n) is 4.12. The van der Waals surface area contributed by atoms with E-state index in [9.17, 15) is 5.11 Å². The molecule has 1 aliphatic rings.